The summed E-state index contributed by atoms with van der Waals surface area (Å²) >= 11 is 0. The Morgan fingerprint density at radius 1 is 1.21 bits per heavy atom. The van der Waals surface area contributed by atoms with E-state index in [1.807, 2.05) is 12.4 Å². The molecule has 0 aliphatic heterocycles. The van der Waals surface area contributed by atoms with Gasteiger partial charge < -0.3 is 5.32 Å². The van der Waals surface area contributed by atoms with Gasteiger partial charge in [-0.15, -0.1) is 0 Å². The van der Waals surface area contributed by atoms with Gasteiger partial charge in [0.1, 0.15) is 0 Å². The maximum absolute atomic E-state index is 4.21. The Kier molecular flexibility index (Phi) is 3.27. The Morgan fingerprint density at radius 2 is 1.86 bits per heavy atom. The van der Waals surface area contributed by atoms with Gasteiger partial charge in [-0.25, -0.2) is 0 Å². The highest BCUT2D eigenvalue weighted by Crippen LogP contribution is 2.11. The molecule has 0 radical (unpaired) electrons. The van der Waals surface area contributed by atoms with Crippen LogP contribution in [0.25, 0.3) is 0 Å². The lowest BCUT2D eigenvalue weighted by molar-refractivity contribution is 0.423. The number of hydrogen-bond donors (Lipinski definition) is 1. The van der Waals surface area contributed by atoms with E-state index in [4.69, 9.17) is 0 Å². The summed E-state index contributed by atoms with van der Waals surface area (Å²) in [6.45, 7) is 11.7. The van der Waals surface area contributed by atoms with Gasteiger partial charge in [-0.3, -0.25) is 4.98 Å². The summed E-state index contributed by atoms with van der Waals surface area (Å²) in [5.74, 6) is 0. The number of nitrogens with one attached hydrogen (secondary N) is 1. The molecule has 0 aromatic carbocycles. The number of rotatable bonds is 2. The number of aryl methyl sites for hydroxylation is 1. The first kappa shape index (κ1) is 11.2. The van der Waals surface area contributed by atoms with E-state index in [0.29, 0.717) is 0 Å². The van der Waals surface area contributed by atoms with Crippen molar-refractivity contribution in [3.05, 3.63) is 29.1 Å². The van der Waals surface area contributed by atoms with E-state index in [0.717, 1.165) is 6.54 Å². The van der Waals surface area contributed by atoms with Gasteiger partial charge in [0.2, 0.25) is 0 Å². The van der Waals surface area contributed by atoms with Crippen LogP contribution in [0.2, 0.25) is 0 Å². The molecule has 1 heterocycles. The van der Waals surface area contributed by atoms with E-state index in [1.54, 1.807) is 0 Å². The molecule has 2 heteroatoms. The van der Waals surface area contributed by atoms with Gasteiger partial charge in [0.15, 0.2) is 0 Å². The molecule has 0 aliphatic carbocycles. The minimum Gasteiger partial charge on any atom is -0.308 e. The Balaban J connectivity index is 2.73. The third-order valence-corrected chi connectivity index (χ3v) is 2.38. The van der Waals surface area contributed by atoms with Crippen LogP contribution >= 0.6 is 0 Å². The van der Waals surface area contributed by atoms with Crippen LogP contribution in [-0.2, 0) is 6.54 Å². The fourth-order valence-corrected chi connectivity index (χ4v) is 1.22. The topological polar surface area (TPSA) is 24.9 Å². The van der Waals surface area contributed by atoms with E-state index in [9.17, 15) is 0 Å². The molecule has 0 amide bonds. The molecule has 0 saturated carbocycles. The molecule has 1 aromatic heterocycles. The molecule has 78 valence electrons. The van der Waals surface area contributed by atoms with Crippen molar-refractivity contribution in [2.75, 3.05) is 0 Å². The molecule has 1 aromatic rings. The van der Waals surface area contributed by atoms with Crippen LogP contribution < -0.4 is 5.32 Å². The minimum absolute atomic E-state index is 0.163. The van der Waals surface area contributed by atoms with Crippen LogP contribution in [0, 0.1) is 13.8 Å². The number of pyridine rings is 1. The molecule has 0 unspecified atom stereocenters. The summed E-state index contributed by atoms with van der Waals surface area (Å²) in [5, 5.41) is 3.47. The second-order valence-corrected chi connectivity index (χ2v) is 4.84. The molecule has 14 heavy (non-hydrogen) atoms. The van der Waals surface area contributed by atoms with Crippen molar-refractivity contribution in [2.45, 2.75) is 46.7 Å². The maximum Gasteiger partial charge on any atom is 0.0315 e. The van der Waals surface area contributed by atoms with Crippen LogP contribution in [0.4, 0.5) is 0 Å². The Labute approximate surface area is 86.8 Å². The van der Waals surface area contributed by atoms with Crippen molar-refractivity contribution in [3.63, 3.8) is 0 Å². The Morgan fingerprint density at radius 3 is 2.43 bits per heavy atom. The van der Waals surface area contributed by atoms with E-state index in [2.05, 4.69) is 44.9 Å². The molecular formula is C12H20N2. The quantitative estimate of drug-likeness (QED) is 0.779. The first-order chi connectivity index (χ1) is 6.40. The minimum atomic E-state index is 0.163. The highest BCUT2D eigenvalue weighted by Gasteiger charge is 2.09. The zero-order valence-corrected chi connectivity index (χ0v) is 9.81. The third-order valence-electron chi connectivity index (χ3n) is 2.38. The second-order valence-electron chi connectivity index (χ2n) is 4.84. The highest BCUT2D eigenvalue weighted by molar-refractivity contribution is 5.29. The molecule has 0 bridgehead atoms. The van der Waals surface area contributed by atoms with Crippen LogP contribution in [0.3, 0.4) is 0 Å². The first-order valence-corrected chi connectivity index (χ1v) is 5.05. The predicted molar refractivity (Wildman–Crippen MR) is 60.3 cm³/mol. The fourth-order valence-electron chi connectivity index (χ4n) is 1.22. The molecule has 1 rings (SSSR count). The lowest BCUT2D eigenvalue weighted by Crippen LogP contribution is -2.35. The average Bonchev–Trinajstić information content (AvgIpc) is 2.06. The normalized spacial score (nSPS) is 11.8. The molecule has 0 spiro atoms. The average molecular weight is 192 g/mol. The van der Waals surface area contributed by atoms with Crippen molar-refractivity contribution < 1.29 is 0 Å². The number of nitrogens with zero attached hydrogens (tertiary/aromatic N) is 1. The summed E-state index contributed by atoms with van der Waals surface area (Å²) in [6, 6.07) is 0. The highest BCUT2D eigenvalue weighted by atomic mass is 14.9. The SMILES string of the molecule is Cc1cncc(CNC(C)(C)C)c1C. The van der Waals surface area contributed by atoms with Gasteiger partial charge in [-0.1, -0.05) is 0 Å². The third kappa shape index (κ3) is 3.11. The van der Waals surface area contributed by atoms with Crippen LogP contribution in [-0.4, -0.2) is 10.5 Å². The standard InChI is InChI=1S/C12H20N2/c1-9-6-13-7-11(10(9)2)8-14-12(3,4)5/h6-7,14H,8H2,1-5H3. The summed E-state index contributed by atoms with van der Waals surface area (Å²) < 4.78 is 0. The summed E-state index contributed by atoms with van der Waals surface area (Å²) in [4.78, 5) is 4.21. The van der Waals surface area contributed by atoms with Gasteiger partial charge in [-0.2, -0.15) is 0 Å². The predicted octanol–water partition coefficient (Wildman–Crippen LogP) is 2.59. The van der Waals surface area contributed by atoms with E-state index in [1.165, 1.54) is 16.7 Å². The summed E-state index contributed by atoms with van der Waals surface area (Å²) in [7, 11) is 0. The maximum atomic E-state index is 4.21. The van der Waals surface area contributed by atoms with E-state index >= 15 is 0 Å². The number of hydrogen-bond acceptors (Lipinski definition) is 2. The molecule has 2 nitrogen and oxygen atoms in total. The van der Waals surface area contributed by atoms with Crippen molar-refractivity contribution in [1.29, 1.82) is 0 Å². The van der Waals surface area contributed by atoms with Crippen molar-refractivity contribution in [3.8, 4) is 0 Å². The molecular weight excluding hydrogens is 172 g/mol. The molecule has 0 atom stereocenters. The second kappa shape index (κ2) is 4.09. The van der Waals surface area contributed by atoms with Crippen molar-refractivity contribution >= 4 is 0 Å². The molecule has 0 aliphatic rings. The van der Waals surface area contributed by atoms with E-state index in [-0.39, 0.29) is 5.54 Å². The summed E-state index contributed by atoms with van der Waals surface area (Å²) in [6.07, 6.45) is 3.86. The largest absolute Gasteiger partial charge is 0.308 e. The lowest BCUT2D eigenvalue weighted by atomic mass is 10.0. The Bertz CT molecular complexity index is 311. The smallest absolute Gasteiger partial charge is 0.0315 e. The summed E-state index contributed by atoms with van der Waals surface area (Å²) in [5.41, 5.74) is 4.06. The van der Waals surface area contributed by atoms with Crippen LogP contribution in [0.5, 0.6) is 0 Å². The van der Waals surface area contributed by atoms with Gasteiger partial charge in [0.05, 0.1) is 0 Å². The van der Waals surface area contributed by atoms with Crippen molar-refractivity contribution in [1.82, 2.24) is 10.3 Å². The van der Waals surface area contributed by atoms with Crippen molar-refractivity contribution in [2.24, 2.45) is 0 Å². The van der Waals surface area contributed by atoms with Crippen LogP contribution in [0.15, 0.2) is 12.4 Å². The Hall–Kier alpha value is -0.890. The van der Waals surface area contributed by atoms with Gasteiger partial charge in [0.25, 0.3) is 0 Å². The lowest BCUT2D eigenvalue weighted by Gasteiger charge is -2.21. The van der Waals surface area contributed by atoms with Crippen LogP contribution in [0.1, 0.15) is 37.5 Å². The molecule has 1 N–H and O–H groups in total. The molecule has 0 fully saturated rings. The van der Waals surface area contributed by atoms with Gasteiger partial charge >= 0.3 is 0 Å². The number of aromatic nitrogens is 1. The fraction of sp³-hybridized carbons (Fsp3) is 0.583. The zero-order valence-electron chi connectivity index (χ0n) is 9.81. The molecule has 0 saturated heterocycles. The van der Waals surface area contributed by atoms with E-state index < -0.39 is 0 Å². The van der Waals surface area contributed by atoms with Gasteiger partial charge in [0, 0.05) is 24.5 Å². The zero-order chi connectivity index (χ0) is 10.8. The van der Waals surface area contributed by atoms with Gasteiger partial charge in [-0.05, 0) is 51.3 Å². The monoisotopic (exact) mass is 192 g/mol. The first-order valence-electron chi connectivity index (χ1n) is 5.05.